The summed E-state index contributed by atoms with van der Waals surface area (Å²) in [5.41, 5.74) is 0. The predicted octanol–water partition coefficient (Wildman–Crippen LogP) is 2.13. The van der Waals surface area contributed by atoms with E-state index in [0.29, 0.717) is 13.1 Å². The third kappa shape index (κ3) is 3.70. The third-order valence-electron chi connectivity index (χ3n) is 2.58. The number of nitrogens with zero attached hydrogens (tertiary/aromatic N) is 1. The Hall–Kier alpha value is -1.29. The number of furan rings is 1. The first-order valence-electron chi connectivity index (χ1n) is 5.53. The van der Waals surface area contributed by atoms with E-state index in [1.807, 2.05) is 26.0 Å². The average Bonchev–Trinajstić information content (AvgIpc) is 2.62. The molecule has 1 atom stereocenters. The van der Waals surface area contributed by atoms with Crippen molar-refractivity contribution < 1.29 is 14.3 Å². The number of aliphatic carboxylic acids is 1. The van der Waals surface area contributed by atoms with E-state index in [4.69, 9.17) is 9.52 Å². The van der Waals surface area contributed by atoms with Crippen molar-refractivity contribution >= 4 is 5.97 Å². The second-order valence-corrected chi connectivity index (χ2v) is 4.08. The Morgan fingerprint density at radius 2 is 2.25 bits per heavy atom. The van der Waals surface area contributed by atoms with Crippen molar-refractivity contribution in [3.63, 3.8) is 0 Å². The van der Waals surface area contributed by atoms with Crippen LogP contribution in [0.4, 0.5) is 0 Å². The monoisotopic (exact) mass is 225 g/mol. The third-order valence-corrected chi connectivity index (χ3v) is 2.58. The summed E-state index contributed by atoms with van der Waals surface area (Å²) in [4.78, 5) is 12.8. The average molecular weight is 225 g/mol. The summed E-state index contributed by atoms with van der Waals surface area (Å²) in [5, 5.41) is 8.85. The van der Waals surface area contributed by atoms with Gasteiger partial charge in [-0.2, -0.15) is 0 Å². The van der Waals surface area contributed by atoms with Crippen molar-refractivity contribution in [2.75, 3.05) is 13.1 Å². The minimum Gasteiger partial charge on any atom is -0.481 e. The Kier molecular flexibility index (Phi) is 4.55. The topological polar surface area (TPSA) is 53.7 Å². The molecule has 0 aliphatic carbocycles. The lowest BCUT2D eigenvalue weighted by molar-refractivity contribution is -0.141. The van der Waals surface area contributed by atoms with Crippen molar-refractivity contribution in [3.05, 3.63) is 23.7 Å². The number of rotatable bonds is 6. The fourth-order valence-electron chi connectivity index (χ4n) is 1.56. The summed E-state index contributed by atoms with van der Waals surface area (Å²) in [6.07, 6.45) is 0. The van der Waals surface area contributed by atoms with Gasteiger partial charge in [-0.3, -0.25) is 9.69 Å². The number of hydrogen-bond acceptors (Lipinski definition) is 3. The molecule has 1 unspecified atom stereocenters. The van der Waals surface area contributed by atoms with E-state index >= 15 is 0 Å². The summed E-state index contributed by atoms with van der Waals surface area (Å²) >= 11 is 0. The van der Waals surface area contributed by atoms with Crippen molar-refractivity contribution in [3.8, 4) is 0 Å². The molecule has 90 valence electrons. The van der Waals surface area contributed by atoms with Crippen molar-refractivity contribution in [2.24, 2.45) is 5.92 Å². The molecule has 0 spiro atoms. The molecule has 0 fully saturated rings. The smallest absolute Gasteiger partial charge is 0.307 e. The molecule has 0 bridgehead atoms. The Bertz CT molecular complexity index is 346. The summed E-state index contributed by atoms with van der Waals surface area (Å²) in [6.45, 7) is 7.67. The second-order valence-electron chi connectivity index (χ2n) is 4.08. The van der Waals surface area contributed by atoms with Gasteiger partial charge in [-0.1, -0.05) is 13.8 Å². The van der Waals surface area contributed by atoms with E-state index in [9.17, 15) is 4.79 Å². The van der Waals surface area contributed by atoms with Crippen molar-refractivity contribution in [1.29, 1.82) is 0 Å². The Morgan fingerprint density at radius 1 is 1.56 bits per heavy atom. The lowest BCUT2D eigenvalue weighted by atomic mass is 10.1. The molecule has 0 saturated heterocycles. The van der Waals surface area contributed by atoms with Gasteiger partial charge in [-0.05, 0) is 25.6 Å². The fourth-order valence-corrected chi connectivity index (χ4v) is 1.56. The largest absolute Gasteiger partial charge is 0.481 e. The molecule has 1 heterocycles. The first kappa shape index (κ1) is 12.8. The summed E-state index contributed by atoms with van der Waals surface area (Å²) in [7, 11) is 0. The van der Waals surface area contributed by atoms with Gasteiger partial charge in [0, 0.05) is 6.54 Å². The highest BCUT2D eigenvalue weighted by Crippen LogP contribution is 2.11. The maximum absolute atomic E-state index is 10.8. The highest BCUT2D eigenvalue weighted by atomic mass is 16.4. The van der Waals surface area contributed by atoms with Gasteiger partial charge in [0.05, 0.1) is 12.5 Å². The van der Waals surface area contributed by atoms with E-state index in [1.165, 1.54) is 0 Å². The molecular weight excluding hydrogens is 206 g/mol. The quantitative estimate of drug-likeness (QED) is 0.805. The Labute approximate surface area is 95.9 Å². The van der Waals surface area contributed by atoms with Gasteiger partial charge >= 0.3 is 5.97 Å². The molecule has 4 heteroatoms. The molecule has 0 amide bonds. The molecule has 4 nitrogen and oxygen atoms in total. The summed E-state index contributed by atoms with van der Waals surface area (Å²) in [5.74, 6) is 0.666. The van der Waals surface area contributed by atoms with Gasteiger partial charge in [-0.25, -0.2) is 0 Å². The molecule has 0 aromatic carbocycles. The minimum atomic E-state index is -0.755. The Morgan fingerprint density at radius 3 is 2.69 bits per heavy atom. The van der Waals surface area contributed by atoms with E-state index in [0.717, 1.165) is 18.1 Å². The SMILES string of the molecule is CCN(Cc1ccc(C)o1)CC(C)C(=O)O. The lowest BCUT2D eigenvalue weighted by Crippen LogP contribution is -2.31. The zero-order valence-electron chi connectivity index (χ0n) is 10.1. The van der Waals surface area contributed by atoms with Gasteiger partial charge < -0.3 is 9.52 Å². The first-order chi connectivity index (χ1) is 7.52. The van der Waals surface area contributed by atoms with E-state index in [2.05, 4.69) is 4.90 Å². The Balaban J connectivity index is 2.52. The zero-order valence-corrected chi connectivity index (χ0v) is 10.1. The first-order valence-corrected chi connectivity index (χ1v) is 5.53. The number of carboxylic acid groups (broad SMARTS) is 1. The van der Waals surface area contributed by atoms with Crippen LogP contribution in [0.3, 0.4) is 0 Å². The molecule has 0 aliphatic rings. The standard InChI is InChI=1S/C12H19NO3/c1-4-13(7-9(2)12(14)15)8-11-6-5-10(3)16-11/h5-6,9H,4,7-8H2,1-3H3,(H,14,15). The number of hydrogen-bond donors (Lipinski definition) is 1. The summed E-state index contributed by atoms with van der Waals surface area (Å²) in [6, 6.07) is 3.85. The second kappa shape index (κ2) is 5.70. The predicted molar refractivity (Wildman–Crippen MR) is 61.2 cm³/mol. The zero-order chi connectivity index (χ0) is 12.1. The number of aryl methyl sites for hydroxylation is 1. The molecule has 0 aliphatic heterocycles. The van der Waals surface area contributed by atoms with E-state index in [-0.39, 0.29) is 5.92 Å². The maximum atomic E-state index is 10.8. The molecule has 1 aromatic heterocycles. The van der Waals surface area contributed by atoms with Crippen LogP contribution in [0.15, 0.2) is 16.5 Å². The molecule has 1 aromatic rings. The van der Waals surface area contributed by atoms with E-state index < -0.39 is 5.97 Å². The fraction of sp³-hybridized carbons (Fsp3) is 0.583. The number of carbonyl (C=O) groups is 1. The van der Waals surface area contributed by atoms with Gasteiger partial charge in [0.2, 0.25) is 0 Å². The van der Waals surface area contributed by atoms with Gasteiger partial charge in [0.15, 0.2) is 0 Å². The van der Waals surface area contributed by atoms with Gasteiger partial charge in [-0.15, -0.1) is 0 Å². The van der Waals surface area contributed by atoms with Crippen LogP contribution in [0.1, 0.15) is 25.4 Å². The van der Waals surface area contributed by atoms with Crippen molar-refractivity contribution in [2.45, 2.75) is 27.3 Å². The molecule has 16 heavy (non-hydrogen) atoms. The maximum Gasteiger partial charge on any atom is 0.307 e. The number of carboxylic acids is 1. The van der Waals surface area contributed by atoms with E-state index in [1.54, 1.807) is 6.92 Å². The van der Waals surface area contributed by atoms with Crippen LogP contribution < -0.4 is 0 Å². The molecule has 1 rings (SSSR count). The van der Waals surface area contributed by atoms with Crippen LogP contribution in [0, 0.1) is 12.8 Å². The van der Waals surface area contributed by atoms with Crippen LogP contribution in [-0.2, 0) is 11.3 Å². The minimum absolute atomic E-state index is 0.351. The molecular formula is C12H19NO3. The lowest BCUT2D eigenvalue weighted by Gasteiger charge is -2.21. The molecule has 1 N–H and O–H groups in total. The molecule has 0 saturated carbocycles. The molecule has 0 radical (unpaired) electrons. The van der Waals surface area contributed by atoms with Gasteiger partial charge in [0.25, 0.3) is 0 Å². The van der Waals surface area contributed by atoms with Crippen LogP contribution in [0.2, 0.25) is 0 Å². The highest BCUT2D eigenvalue weighted by molar-refractivity contribution is 5.69. The van der Waals surface area contributed by atoms with Crippen LogP contribution in [0.25, 0.3) is 0 Å². The normalized spacial score (nSPS) is 13.0. The highest BCUT2D eigenvalue weighted by Gasteiger charge is 2.16. The van der Waals surface area contributed by atoms with Gasteiger partial charge in [0.1, 0.15) is 11.5 Å². The summed E-state index contributed by atoms with van der Waals surface area (Å²) < 4.78 is 5.47. The van der Waals surface area contributed by atoms with Crippen molar-refractivity contribution in [1.82, 2.24) is 4.90 Å². The van der Waals surface area contributed by atoms with Crippen LogP contribution in [-0.4, -0.2) is 29.1 Å². The van der Waals surface area contributed by atoms with Crippen LogP contribution >= 0.6 is 0 Å². The van der Waals surface area contributed by atoms with Crippen LogP contribution in [0.5, 0.6) is 0 Å².